The molecule has 8 heteroatoms. The molecule has 1 aliphatic rings. The molecule has 1 amide bonds. The van der Waals surface area contributed by atoms with E-state index in [1.807, 2.05) is 19.0 Å². The molecule has 3 aromatic heterocycles. The third-order valence-electron chi connectivity index (χ3n) is 4.82. The standard InChI is InChI=1S/C17H20N6OS/c1-21-10-12(9-20-21)17(24)22(2)13-3-6-23(7-4-13)15-14-5-8-25-16(14)19-11-18-15/h5,8-11,13H,3-4,6-7H2,1-2H3. The Hall–Kier alpha value is -2.48. The minimum atomic E-state index is 0.0359. The summed E-state index contributed by atoms with van der Waals surface area (Å²) in [6, 6.07) is 2.32. The van der Waals surface area contributed by atoms with Crippen molar-refractivity contribution in [3.8, 4) is 0 Å². The number of rotatable bonds is 3. The van der Waals surface area contributed by atoms with Crippen LogP contribution < -0.4 is 4.90 Å². The Balaban J connectivity index is 1.44. The van der Waals surface area contributed by atoms with Crippen molar-refractivity contribution >= 4 is 33.3 Å². The lowest BCUT2D eigenvalue weighted by molar-refractivity contribution is 0.0709. The van der Waals surface area contributed by atoms with Crippen LogP contribution in [0.15, 0.2) is 30.2 Å². The van der Waals surface area contributed by atoms with Gasteiger partial charge in [0.15, 0.2) is 0 Å². The van der Waals surface area contributed by atoms with Crippen molar-refractivity contribution in [1.82, 2.24) is 24.6 Å². The number of fused-ring (bicyclic) bond motifs is 1. The van der Waals surface area contributed by atoms with Gasteiger partial charge in [-0.2, -0.15) is 5.10 Å². The molecule has 0 spiro atoms. The van der Waals surface area contributed by atoms with Gasteiger partial charge in [0.05, 0.1) is 17.1 Å². The number of nitrogens with zero attached hydrogens (tertiary/aromatic N) is 6. The molecule has 25 heavy (non-hydrogen) atoms. The molecule has 0 aromatic carbocycles. The second kappa shape index (κ2) is 6.44. The zero-order valence-corrected chi connectivity index (χ0v) is 15.1. The van der Waals surface area contributed by atoms with Crippen LogP contribution in [-0.2, 0) is 7.05 Å². The Bertz CT molecular complexity index is 895. The van der Waals surface area contributed by atoms with Crippen molar-refractivity contribution in [2.45, 2.75) is 18.9 Å². The van der Waals surface area contributed by atoms with E-state index >= 15 is 0 Å². The molecule has 1 fully saturated rings. The number of piperidine rings is 1. The number of hydrogen-bond donors (Lipinski definition) is 0. The largest absolute Gasteiger partial charge is 0.356 e. The summed E-state index contributed by atoms with van der Waals surface area (Å²) < 4.78 is 1.66. The van der Waals surface area contributed by atoms with Gasteiger partial charge in [-0.15, -0.1) is 11.3 Å². The fourth-order valence-electron chi connectivity index (χ4n) is 3.40. The van der Waals surface area contributed by atoms with Crippen molar-refractivity contribution in [3.63, 3.8) is 0 Å². The van der Waals surface area contributed by atoms with E-state index in [0.717, 1.165) is 42.0 Å². The molecular formula is C17H20N6OS. The number of carbonyl (C=O) groups excluding carboxylic acids is 1. The Morgan fingerprint density at radius 1 is 1.32 bits per heavy atom. The van der Waals surface area contributed by atoms with Crippen LogP contribution in [0.4, 0.5) is 5.82 Å². The summed E-state index contributed by atoms with van der Waals surface area (Å²) in [6.45, 7) is 1.77. The van der Waals surface area contributed by atoms with Gasteiger partial charge < -0.3 is 9.80 Å². The molecule has 0 aliphatic carbocycles. The van der Waals surface area contributed by atoms with Gasteiger partial charge in [-0.1, -0.05) is 0 Å². The molecule has 4 rings (SSSR count). The van der Waals surface area contributed by atoms with Crippen molar-refractivity contribution in [1.29, 1.82) is 0 Å². The van der Waals surface area contributed by atoms with Crippen molar-refractivity contribution in [2.75, 3.05) is 25.0 Å². The van der Waals surface area contributed by atoms with Crippen LogP contribution in [0.1, 0.15) is 23.2 Å². The lowest BCUT2D eigenvalue weighted by Crippen LogP contribution is -2.45. The van der Waals surface area contributed by atoms with E-state index in [-0.39, 0.29) is 11.9 Å². The van der Waals surface area contributed by atoms with Crippen LogP contribution in [0.5, 0.6) is 0 Å². The van der Waals surface area contributed by atoms with Crippen LogP contribution in [0.25, 0.3) is 10.2 Å². The first-order valence-corrected chi connectivity index (χ1v) is 9.20. The molecule has 0 saturated carbocycles. The Labute approximate surface area is 149 Å². The van der Waals surface area contributed by atoms with E-state index in [9.17, 15) is 4.79 Å². The summed E-state index contributed by atoms with van der Waals surface area (Å²) in [5, 5.41) is 7.26. The van der Waals surface area contributed by atoms with Crippen LogP contribution in [0, 0.1) is 0 Å². The first-order chi connectivity index (χ1) is 12.1. The van der Waals surface area contributed by atoms with Crippen molar-refractivity contribution in [3.05, 3.63) is 35.7 Å². The number of carbonyl (C=O) groups is 1. The molecule has 7 nitrogen and oxygen atoms in total. The number of hydrogen-bond acceptors (Lipinski definition) is 6. The molecule has 0 radical (unpaired) electrons. The second-order valence-electron chi connectivity index (χ2n) is 6.37. The van der Waals surface area contributed by atoms with Gasteiger partial charge >= 0.3 is 0 Å². The molecule has 1 aliphatic heterocycles. The average Bonchev–Trinajstić information content (AvgIpc) is 3.29. The third-order valence-corrected chi connectivity index (χ3v) is 5.65. The SMILES string of the molecule is CN(C(=O)c1cnn(C)c1)C1CCN(c2ncnc3sccc23)CC1. The minimum absolute atomic E-state index is 0.0359. The average molecular weight is 356 g/mol. The lowest BCUT2D eigenvalue weighted by atomic mass is 10.0. The van der Waals surface area contributed by atoms with Gasteiger partial charge in [0.25, 0.3) is 5.91 Å². The number of aromatic nitrogens is 4. The van der Waals surface area contributed by atoms with Gasteiger partial charge in [-0.25, -0.2) is 9.97 Å². The van der Waals surface area contributed by atoms with Crippen molar-refractivity contribution < 1.29 is 4.79 Å². The fraction of sp³-hybridized carbons (Fsp3) is 0.412. The normalized spacial score (nSPS) is 15.7. The quantitative estimate of drug-likeness (QED) is 0.719. The van der Waals surface area contributed by atoms with Gasteiger partial charge in [-0.05, 0) is 24.3 Å². The highest BCUT2D eigenvalue weighted by Crippen LogP contribution is 2.29. The Morgan fingerprint density at radius 2 is 2.12 bits per heavy atom. The zero-order valence-electron chi connectivity index (χ0n) is 14.3. The first-order valence-electron chi connectivity index (χ1n) is 8.32. The molecule has 130 valence electrons. The molecule has 0 bridgehead atoms. The molecule has 4 heterocycles. The Kier molecular flexibility index (Phi) is 4.12. The van der Waals surface area contributed by atoms with Crippen LogP contribution >= 0.6 is 11.3 Å². The van der Waals surface area contributed by atoms with Crippen molar-refractivity contribution in [2.24, 2.45) is 7.05 Å². The highest BCUT2D eigenvalue weighted by atomic mass is 32.1. The van der Waals surface area contributed by atoms with E-state index in [1.165, 1.54) is 0 Å². The predicted octanol–water partition coefficient (Wildman–Crippen LogP) is 2.17. The summed E-state index contributed by atoms with van der Waals surface area (Å²) in [5.41, 5.74) is 0.642. The summed E-state index contributed by atoms with van der Waals surface area (Å²) in [6.07, 6.45) is 6.89. The summed E-state index contributed by atoms with van der Waals surface area (Å²) in [4.78, 5) is 26.6. The van der Waals surface area contributed by atoms with Gasteiger partial charge in [0.2, 0.25) is 0 Å². The minimum Gasteiger partial charge on any atom is -0.356 e. The second-order valence-corrected chi connectivity index (χ2v) is 7.27. The maximum atomic E-state index is 12.6. The molecule has 3 aromatic rings. The van der Waals surface area contributed by atoms with Gasteiger partial charge in [0, 0.05) is 39.4 Å². The molecule has 1 saturated heterocycles. The van der Waals surface area contributed by atoms with E-state index < -0.39 is 0 Å². The van der Waals surface area contributed by atoms with E-state index in [4.69, 9.17) is 0 Å². The smallest absolute Gasteiger partial charge is 0.257 e. The molecule has 0 N–H and O–H groups in total. The maximum Gasteiger partial charge on any atom is 0.257 e. The highest BCUT2D eigenvalue weighted by Gasteiger charge is 2.27. The van der Waals surface area contributed by atoms with Crippen LogP contribution in [0.2, 0.25) is 0 Å². The lowest BCUT2D eigenvalue weighted by Gasteiger charge is -2.37. The van der Waals surface area contributed by atoms with E-state index in [1.54, 1.807) is 34.7 Å². The molecule has 0 atom stereocenters. The third kappa shape index (κ3) is 2.97. The number of aryl methyl sites for hydroxylation is 1. The molecular weight excluding hydrogens is 336 g/mol. The Morgan fingerprint density at radius 3 is 2.84 bits per heavy atom. The van der Waals surface area contributed by atoms with E-state index in [0.29, 0.717) is 5.56 Å². The van der Waals surface area contributed by atoms with E-state index in [2.05, 4.69) is 31.4 Å². The number of anilines is 1. The van der Waals surface area contributed by atoms with Gasteiger partial charge in [-0.3, -0.25) is 9.48 Å². The summed E-state index contributed by atoms with van der Waals surface area (Å²) in [5.74, 6) is 1.04. The fourth-order valence-corrected chi connectivity index (χ4v) is 4.12. The van der Waals surface area contributed by atoms with Gasteiger partial charge in [0.1, 0.15) is 17.0 Å². The monoisotopic (exact) mass is 356 g/mol. The topological polar surface area (TPSA) is 67.2 Å². The summed E-state index contributed by atoms with van der Waals surface area (Å²) >= 11 is 1.64. The summed E-state index contributed by atoms with van der Waals surface area (Å²) in [7, 11) is 3.71. The maximum absolute atomic E-state index is 12.6. The zero-order chi connectivity index (χ0) is 17.4. The number of amides is 1. The highest BCUT2D eigenvalue weighted by molar-refractivity contribution is 7.16. The molecule has 0 unspecified atom stereocenters. The van der Waals surface area contributed by atoms with Crippen LogP contribution in [0.3, 0.4) is 0 Å². The first kappa shape index (κ1) is 16.0. The van der Waals surface area contributed by atoms with Crippen LogP contribution in [-0.4, -0.2) is 56.7 Å². The number of thiophene rings is 1. The predicted molar refractivity (Wildman–Crippen MR) is 98.0 cm³/mol.